The molecule has 0 saturated carbocycles. The number of para-hydroxylation sites is 2. The van der Waals surface area contributed by atoms with Crippen LogP contribution in [0.15, 0.2) is 96.4 Å². The van der Waals surface area contributed by atoms with Crippen molar-refractivity contribution >= 4 is 34.5 Å². The van der Waals surface area contributed by atoms with Crippen LogP contribution in [0, 0.1) is 0 Å². The van der Waals surface area contributed by atoms with E-state index in [1.807, 2.05) is 47.8 Å². The third-order valence-corrected chi connectivity index (χ3v) is 5.50. The summed E-state index contributed by atoms with van der Waals surface area (Å²) in [6, 6.07) is 27.1. The number of amides is 2. The number of ether oxygens (including phenoxy) is 2. The Morgan fingerprint density at radius 1 is 0.667 bits per heavy atom. The molecule has 0 unspecified atom stereocenters. The van der Waals surface area contributed by atoms with Crippen LogP contribution in [-0.2, 0) is 0 Å². The van der Waals surface area contributed by atoms with Gasteiger partial charge in [0.05, 0.1) is 10.4 Å². The molecule has 33 heavy (non-hydrogen) atoms. The quantitative estimate of drug-likeness (QED) is 0.315. The predicted molar refractivity (Wildman–Crippen MR) is 131 cm³/mol. The van der Waals surface area contributed by atoms with E-state index < -0.39 is 0 Å². The number of rotatable bonds is 9. The first-order valence-corrected chi connectivity index (χ1v) is 11.2. The first kappa shape index (κ1) is 22.1. The number of hydrogen-bond donors (Lipinski definition) is 2. The van der Waals surface area contributed by atoms with Gasteiger partial charge in [0.1, 0.15) is 24.7 Å². The van der Waals surface area contributed by atoms with Crippen LogP contribution in [0.4, 0.5) is 11.4 Å². The highest BCUT2D eigenvalue weighted by Gasteiger charge is 2.13. The molecule has 0 aliphatic heterocycles. The van der Waals surface area contributed by atoms with Gasteiger partial charge in [-0.3, -0.25) is 9.59 Å². The van der Waals surface area contributed by atoms with Crippen molar-refractivity contribution < 1.29 is 19.1 Å². The van der Waals surface area contributed by atoms with Crippen molar-refractivity contribution in [2.75, 3.05) is 23.8 Å². The number of hydrogen-bond acceptors (Lipinski definition) is 5. The highest BCUT2D eigenvalue weighted by Crippen LogP contribution is 2.21. The highest BCUT2D eigenvalue weighted by atomic mass is 32.1. The Kier molecular flexibility index (Phi) is 7.35. The second-order valence-corrected chi connectivity index (χ2v) is 7.92. The molecule has 2 amide bonds. The van der Waals surface area contributed by atoms with E-state index in [2.05, 4.69) is 10.6 Å². The number of nitrogens with one attached hydrogen (secondary N) is 2. The molecule has 7 heteroatoms. The Hall–Kier alpha value is -4.10. The molecule has 0 atom stereocenters. The van der Waals surface area contributed by atoms with Crippen molar-refractivity contribution in [3.8, 4) is 11.5 Å². The molecule has 1 aromatic heterocycles. The maximum atomic E-state index is 12.8. The normalized spacial score (nSPS) is 10.3. The molecule has 0 saturated heterocycles. The van der Waals surface area contributed by atoms with E-state index >= 15 is 0 Å². The zero-order valence-corrected chi connectivity index (χ0v) is 18.5. The first-order valence-electron chi connectivity index (χ1n) is 10.3. The zero-order chi connectivity index (χ0) is 22.9. The van der Waals surface area contributed by atoms with E-state index in [1.54, 1.807) is 48.5 Å². The summed E-state index contributed by atoms with van der Waals surface area (Å²) in [5.41, 5.74) is 1.68. The Labute approximate surface area is 195 Å². The van der Waals surface area contributed by atoms with Crippen LogP contribution in [0.1, 0.15) is 20.0 Å². The topological polar surface area (TPSA) is 76.7 Å². The molecule has 1 heterocycles. The second kappa shape index (κ2) is 11.0. The van der Waals surface area contributed by atoms with E-state index in [0.717, 1.165) is 5.75 Å². The molecule has 3 aromatic carbocycles. The average Bonchev–Trinajstić information content (AvgIpc) is 3.39. The first-order chi connectivity index (χ1) is 16.2. The van der Waals surface area contributed by atoms with Crippen LogP contribution in [0.5, 0.6) is 11.5 Å². The van der Waals surface area contributed by atoms with E-state index in [0.29, 0.717) is 40.8 Å². The van der Waals surface area contributed by atoms with Gasteiger partial charge in [-0.1, -0.05) is 36.4 Å². The van der Waals surface area contributed by atoms with Gasteiger partial charge in [-0.25, -0.2) is 0 Å². The monoisotopic (exact) mass is 458 g/mol. The van der Waals surface area contributed by atoms with E-state index in [-0.39, 0.29) is 11.8 Å². The van der Waals surface area contributed by atoms with Gasteiger partial charge in [0, 0.05) is 11.4 Å². The van der Waals surface area contributed by atoms with Crippen LogP contribution in [0.25, 0.3) is 0 Å². The molecule has 166 valence electrons. The fraction of sp³-hybridized carbons (Fsp3) is 0.0769. The Balaban J connectivity index is 1.32. The Bertz CT molecular complexity index is 1190. The number of thiophene rings is 1. The third kappa shape index (κ3) is 6.21. The summed E-state index contributed by atoms with van der Waals surface area (Å²) in [4.78, 5) is 25.6. The number of carbonyl (C=O) groups excluding carboxylic acids is 2. The molecule has 0 fully saturated rings. The maximum Gasteiger partial charge on any atom is 0.265 e. The van der Waals surface area contributed by atoms with E-state index in [4.69, 9.17) is 9.47 Å². The van der Waals surface area contributed by atoms with Gasteiger partial charge in [-0.2, -0.15) is 0 Å². The summed E-state index contributed by atoms with van der Waals surface area (Å²) in [5.74, 6) is 0.794. The van der Waals surface area contributed by atoms with Crippen molar-refractivity contribution in [1.82, 2.24) is 0 Å². The van der Waals surface area contributed by atoms with Crippen LogP contribution in [-0.4, -0.2) is 25.0 Å². The minimum Gasteiger partial charge on any atom is -0.490 e. The lowest BCUT2D eigenvalue weighted by molar-refractivity contribution is 0.101. The predicted octanol–water partition coefficient (Wildman–Crippen LogP) is 5.71. The number of carbonyl (C=O) groups is 2. The molecule has 4 rings (SSSR count). The smallest absolute Gasteiger partial charge is 0.265 e. The van der Waals surface area contributed by atoms with E-state index in [1.165, 1.54) is 11.3 Å². The summed E-state index contributed by atoms with van der Waals surface area (Å²) in [6.45, 7) is 0.663. The summed E-state index contributed by atoms with van der Waals surface area (Å²) < 4.78 is 11.4. The Morgan fingerprint density at radius 2 is 1.30 bits per heavy atom. The molecule has 0 spiro atoms. The lowest BCUT2D eigenvalue weighted by Gasteiger charge is -2.13. The van der Waals surface area contributed by atoms with Gasteiger partial charge in [0.15, 0.2) is 0 Å². The average molecular weight is 459 g/mol. The molecule has 0 bridgehead atoms. The fourth-order valence-corrected chi connectivity index (χ4v) is 3.66. The summed E-state index contributed by atoms with van der Waals surface area (Å²) in [6.07, 6.45) is 0. The van der Waals surface area contributed by atoms with Gasteiger partial charge >= 0.3 is 0 Å². The van der Waals surface area contributed by atoms with Gasteiger partial charge < -0.3 is 20.1 Å². The van der Waals surface area contributed by atoms with Gasteiger partial charge in [-0.05, 0) is 60.0 Å². The van der Waals surface area contributed by atoms with Crippen molar-refractivity contribution in [1.29, 1.82) is 0 Å². The molecule has 0 aliphatic rings. The van der Waals surface area contributed by atoms with Gasteiger partial charge in [-0.15, -0.1) is 11.3 Å². The summed E-state index contributed by atoms with van der Waals surface area (Å²) in [7, 11) is 0. The molecule has 0 aliphatic carbocycles. The lowest BCUT2D eigenvalue weighted by atomic mass is 10.2. The van der Waals surface area contributed by atoms with E-state index in [9.17, 15) is 9.59 Å². The standard InChI is InChI=1S/C26H22N2O4S/c29-25(27-19-12-14-20(15-13-19)28-26(30)24-11-6-18-33-24)22-9-4-5-10-23(22)32-17-16-31-21-7-2-1-3-8-21/h1-15,18H,16-17H2,(H,27,29)(H,28,30). The molecular formula is C26H22N2O4S. The molecule has 4 aromatic rings. The third-order valence-electron chi connectivity index (χ3n) is 4.63. The van der Waals surface area contributed by atoms with Crippen LogP contribution in [0.2, 0.25) is 0 Å². The maximum absolute atomic E-state index is 12.8. The van der Waals surface area contributed by atoms with Crippen molar-refractivity contribution in [3.05, 3.63) is 107 Å². The molecule has 2 N–H and O–H groups in total. The highest BCUT2D eigenvalue weighted by molar-refractivity contribution is 7.12. The molecule has 6 nitrogen and oxygen atoms in total. The largest absolute Gasteiger partial charge is 0.490 e. The van der Waals surface area contributed by atoms with Crippen LogP contribution >= 0.6 is 11.3 Å². The minimum atomic E-state index is -0.287. The van der Waals surface area contributed by atoms with Crippen LogP contribution < -0.4 is 20.1 Å². The van der Waals surface area contributed by atoms with Crippen LogP contribution in [0.3, 0.4) is 0 Å². The van der Waals surface area contributed by atoms with Crippen molar-refractivity contribution in [2.45, 2.75) is 0 Å². The van der Waals surface area contributed by atoms with Gasteiger partial charge in [0.25, 0.3) is 11.8 Å². The number of benzene rings is 3. The Morgan fingerprint density at radius 3 is 2.00 bits per heavy atom. The molecule has 0 radical (unpaired) electrons. The second-order valence-electron chi connectivity index (χ2n) is 6.97. The summed E-state index contributed by atoms with van der Waals surface area (Å²) in [5, 5.41) is 7.55. The number of anilines is 2. The minimum absolute atomic E-state index is 0.163. The van der Waals surface area contributed by atoms with Gasteiger partial charge in [0.2, 0.25) is 0 Å². The fourth-order valence-electron chi connectivity index (χ4n) is 3.04. The lowest BCUT2D eigenvalue weighted by Crippen LogP contribution is -2.16. The summed E-state index contributed by atoms with van der Waals surface area (Å²) >= 11 is 1.38. The van der Waals surface area contributed by atoms with Crippen molar-refractivity contribution in [2.24, 2.45) is 0 Å². The molecular weight excluding hydrogens is 436 g/mol. The van der Waals surface area contributed by atoms with Crippen molar-refractivity contribution in [3.63, 3.8) is 0 Å². The zero-order valence-electron chi connectivity index (χ0n) is 17.7. The SMILES string of the molecule is O=C(Nc1ccc(NC(=O)c2ccccc2OCCOc2ccccc2)cc1)c1cccs1.